The van der Waals surface area contributed by atoms with Crippen molar-refractivity contribution in [2.45, 2.75) is 24.5 Å². The van der Waals surface area contributed by atoms with Gasteiger partial charge < -0.3 is 4.90 Å². The lowest BCUT2D eigenvalue weighted by Gasteiger charge is -2.23. The fourth-order valence-electron chi connectivity index (χ4n) is 3.25. The molecule has 2 heterocycles. The van der Waals surface area contributed by atoms with Gasteiger partial charge in [-0.1, -0.05) is 17.7 Å². The summed E-state index contributed by atoms with van der Waals surface area (Å²) in [4.78, 5) is 1.93. The van der Waals surface area contributed by atoms with Crippen LogP contribution in [-0.2, 0) is 10.0 Å². The molecule has 118 valence electrons. The molecular formula is C15H18ClN3O2S. The van der Waals surface area contributed by atoms with E-state index in [1.807, 2.05) is 4.90 Å². The third kappa shape index (κ3) is 2.69. The number of anilines is 1. The lowest BCUT2D eigenvalue weighted by molar-refractivity contribution is 0.467. The first-order valence-electron chi connectivity index (χ1n) is 7.46. The molecule has 0 saturated carbocycles. The van der Waals surface area contributed by atoms with Crippen LogP contribution < -0.4 is 4.90 Å². The fourth-order valence-corrected chi connectivity index (χ4v) is 5.51. The molecule has 2 aliphatic heterocycles. The van der Waals surface area contributed by atoms with Crippen LogP contribution in [0.1, 0.15) is 24.8 Å². The summed E-state index contributed by atoms with van der Waals surface area (Å²) in [6, 6.07) is 7.32. The van der Waals surface area contributed by atoms with Gasteiger partial charge >= 0.3 is 0 Å². The van der Waals surface area contributed by atoms with Crippen LogP contribution in [0, 0.1) is 11.3 Å². The smallest absolute Gasteiger partial charge is 0.218 e. The third-order valence-corrected chi connectivity index (χ3v) is 7.03. The van der Waals surface area contributed by atoms with E-state index in [9.17, 15) is 13.7 Å². The monoisotopic (exact) mass is 339 g/mol. The van der Waals surface area contributed by atoms with E-state index in [4.69, 9.17) is 11.6 Å². The van der Waals surface area contributed by atoms with Crippen LogP contribution in [0.2, 0.25) is 5.02 Å². The van der Waals surface area contributed by atoms with Crippen molar-refractivity contribution in [2.75, 3.05) is 31.1 Å². The highest BCUT2D eigenvalue weighted by Gasteiger charge is 2.39. The van der Waals surface area contributed by atoms with Gasteiger partial charge in [0.05, 0.1) is 21.5 Å². The Balaban J connectivity index is 1.83. The first-order valence-corrected chi connectivity index (χ1v) is 9.34. The van der Waals surface area contributed by atoms with Crippen LogP contribution in [0.4, 0.5) is 5.69 Å². The van der Waals surface area contributed by atoms with E-state index in [0.29, 0.717) is 48.9 Å². The molecule has 2 aliphatic rings. The molecule has 0 bridgehead atoms. The maximum Gasteiger partial charge on any atom is 0.218 e. The molecule has 0 N–H and O–H groups in total. The highest BCUT2D eigenvalue weighted by molar-refractivity contribution is 7.89. The van der Waals surface area contributed by atoms with Crippen LogP contribution >= 0.6 is 11.6 Å². The molecule has 7 heteroatoms. The highest BCUT2D eigenvalue weighted by Crippen LogP contribution is 2.34. The maximum absolute atomic E-state index is 12.7. The summed E-state index contributed by atoms with van der Waals surface area (Å²) in [5, 5.41) is 9.33. The first-order chi connectivity index (χ1) is 10.5. The Morgan fingerprint density at radius 1 is 1.23 bits per heavy atom. The molecule has 0 amide bonds. The van der Waals surface area contributed by atoms with Gasteiger partial charge in [0.2, 0.25) is 10.0 Å². The van der Waals surface area contributed by atoms with Gasteiger partial charge in [0.1, 0.15) is 6.07 Å². The number of halogens is 1. The molecule has 1 aromatic rings. The molecule has 0 radical (unpaired) electrons. The van der Waals surface area contributed by atoms with Crippen LogP contribution in [0.5, 0.6) is 0 Å². The van der Waals surface area contributed by atoms with E-state index in [-0.39, 0.29) is 0 Å². The summed E-state index contributed by atoms with van der Waals surface area (Å²) in [7, 11) is -3.25. The molecule has 0 aromatic heterocycles. The summed E-state index contributed by atoms with van der Waals surface area (Å²) < 4.78 is 26.9. The zero-order valence-corrected chi connectivity index (χ0v) is 13.8. The Labute approximate surface area is 136 Å². The summed E-state index contributed by atoms with van der Waals surface area (Å²) >= 11 is 6.22. The normalized spacial score (nSPS) is 22.9. The van der Waals surface area contributed by atoms with E-state index in [2.05, 4.69) is 6.07 Å². The van der Waals surface area contributed by atoms with E-state index < -0.39 is 15.3 Å². The lowest BCUT2D eigenvalue weighted by Crippen LogP contribution is -2.38. The van der Waals surface area contributed by atoms with Crippen molar-refractivity contribution >= 4 is 27.3 Å². The van der Waals surface area contributed by atoms with Crippen LogP contribution in [0.25, 0.3) is 0 Å². The Hall–Kier alpha value is -1.29. The van der Waals surface area contributed by atoms with Crippen molar-refractivity contribution < 1.29 is 8.42 Å². The number of benzene rings is 1. The number of rotatable bonds is 3. The molecule has 2 fully saturated rings. The van der Waals surface area contributed by atoms with Gasteiger partial charge in [0.25, 0.3) is 0 Å². The molecule has 0 aliphatic carbocycles. The van der Waals surface area contributed by atoms with Crippen molar-refractivity contribution in [1.29, 1.82) is 5.26 Å². The first kappa shape index (κ1) is 15.6. The van der Waals surface area contributed by atoms with Gasteiger partial charge in [-0.05, 0) is 31.4 Å². The number of nitrogens with zero attached hydrogens (tertiary/aromatic N) is 3. The minimum absolute atomic E-state index is 0.400. The fraction of sp³-hybridized carbons (Fsp3) is 0.533. The topological polar surface area (TPSA) is 64.4 Å². The van der Waals surface area contributed by atoms with Gasteiger partial charge in [0.15, 0.2) is 0 Å². The number of para-hydroxylation sites is 1. The Bertz CT molecular complexity index is 708. The predicted octanol–water partition coefficient (Wildman–Crippen LogP) is 2.22. The molecular weight excluding hydrogens is 322 g/mol. The molecule has 1 atom stereocenters. The Morgan fingerprint density at radius 2 is 1.95 bits per heavy atom. The number of hydrogen-bond acceptors (Lipinski definition) is 4. The summed E-state index contributed by atoms with van der Waals surface area (Å²) in [6.07, 6.45) is 2.46. The minimum Gasteiger partial charge on any atom is -0.368 e. The van der Waals surface area contributed by atoms with E-state index in [0.717, 1.165) is 12.8 Å². The second kappa shape index (κ2) is 6.07. The number of sulfonamides is 1. The Kier molecular flexibility index (Phi) is 4.31. The molecule has 2 saturated heterocycles. The molecule has 3 rings (SSSR count). The predicted molar refractivity (Wildman–Crippen MR) is 86.5 cm³/mol. The van der Waals surface area contributed by atoms with Crippen molar-refractivity contribution in [3.05, 3.63) is 28.8 Å². The average Bonchev–Trinajstić information content (AvgIpc) is 3.18. The zero-order valence-electron chi connectivity index (χ0n) is 12.2. The molecule has 1 unspecified atom stereocenters. The molecule has 0 spiro atoms. The maximum atomic E-state index is 12.7. The SMILES string of the molecule is N#Cc1cccc(Cl)c1N1CCC(S(=O)(=O)N2CCCC2)C1. The summed E-state index contributed by atoms with van der Waals surface area (Å²) in [5.41, 5.74) is 1.15. The third-order valence-electron chi connectivity index (χ3n) is 4.41. The summed E-state index contributed by atoms with van der Waals surface area (Å²) in [5.74, 6) is 0. The number of nitriles is 1. The standard InChI is InChI=1S/C15H18ClN3O2S/c16-14-5-3-4-12(10-17)15(14)18-9-6-13(11-18)22(20,21)19-7-1-2-8-19/h3-5,13H,1-2,6-9,11H2. The van der Waals surface area contributed by atoms with E-state index in [1.165, 1.54) is 0 Å². The van der Waals surface area contributed by atoms with Gasteiger partial charge in [-0.2, -0.15) is 5.26 Å². The second-order valence-electron chi connectivity index (χ2n) is 5.76. The van der Waals surface area contributed by atoms with E-state index in [1.54, 1.807) is 22.5 Å². The van der Waals surface area contributed by atoms with Gasteiger partial charge in [-0.15, -0.1) is 0 Å². The quantitative estimate of drug-likeness (QED) is 0.847. The Morgan fingerprint density at radius 3 is 2.64 bits per heavy atom. The van der Waals surface area contributed by atoms with Gasteiger partial charge in [-0.3, -0.25) is 0 Å². The highest BCUT2D eigenvalue weighted by atomic mass is 35.5. The van der Waals surface area contributed by atoms with E-state index >= 15 is 0 Å². The lowest BCUT2D eigenvalue weighted by atomic mass is 10.2. The van der Waals surface area contributed by atoms with Crippen LogP contribution in [0.15, 0.2) is 18.2 Å². The molecule has 22 heavy (non-hydrogen) atoms. The largest absolute Gasteiger partial charge is 0.368 e. The molecule has 5 nitrogen and oxygen atoms in total. The second-order valence-corrected chi connectivity index (χ2v) is 8.38. The van der Waals surface area contributed by atoms with Crippen LogP contribution in [0.3, 0.4) is 0 Å². The van der Waals surface area contributed by atoms with Crippen molar-refractivity contribution in [3.8, 4) is 6.07 Å². The van der Waals surface area contributed by atoms with Gasteiger partial charge in [0, 0.05) is 26.2 Å². The minimum atomic E-state index is -3.25. The summed E-state index contributed by atoms with van der Waals surface area (Å²) in [6.45, 7) is 2.27. The average molecular weight is 340 g/mol. The van der Waals surface area contributed by atoms with Crippen molar-refractivity contribution in [1.82, 2.24) is 4.31 Å². The van der Waals surface area contributed by atoms with Crippen molar-refractivity contribution in [2.24, 2.45) is 0 Å². The zero-order chi connectivity index (χ0) is 15.7. The molecule has 1 aromatic carbocycles. The number of hydrogen-bond donors (Lipinski definition) is 0. The van der Waals surface area contributed by atoms with Gasteiger partial charge in [-0.25, -0.2) is 12.7 Å². The van der Waals surface area contributed by atoms with Crippen LogP contribution in [-0.4, -0.2) is 44.2 Å². The van der Waals surface area contributed by atoms with Crippen molar-refractivity contribution in [3.63, 3.8) is 0 Å².